The Kier molecular flexibility index (Phi) is 13.2. The van der Waals surface area contributed by atoms with Crippen molar-refractivity contribution in [3.8, 4) is 0 Å². The molecule has 9 heteroatoms. The maximum atomic E-state index is 13.0. The van der Waals surface area contributed by atoms with E-state index >= 15 is 0 Å². The summed E-state index contributed by atoms with van der Waals surface area (Å²) in [5.74, 6) is -0.670. The lowest BCUT2D eigenvalue weighted by Gasteiger charge is -2.21. The molecular formula is C29H43N5O4. The van der Waals surface area contributed by atoms with E-state index in [9.17, 15) is 19.2 Å². The number of rotatable bonds is 16. The average Bonchev–Trinajstić information content (AvgIpc) is 2.90. The summed E-state index contributed by atoms with van der Waals surface area (Å²) >= 11 is 0. The molecule has 1 aromatic carbocycles. The van der Waals surface area contributed by atoms with Crippen LogP contribution < -0.4 is 21.3 Å². The molecule has 0 spiro atoms. The number of hydrogen-bond acceptors (Lipinski definition) is 5. The number of nitrogens with one attached hydrogen (secondary N) is 4. The third-order valence-corrected chi connectivity index (χ3v) is 6.10. The number of aromatic nitrogens is 1. The van der Waals surface area contributed by atoms with Crippen molar-refractivity contribution < 1.29 is 19.2 Å². The van der Waals surface area contributed by atoms with Crippen molar-refractivity contribution in [2.45, 2.75) is 105 Å². The SMILES string of the molecule is CCCCC(=O)Nc1nc2cccc(NC(=O)CCCC)c2c(NC(=O)CCCC)c1NC(=O)CCCC. The van der Waals surface area contributed by atoms with Gasteiger partial charge >= 0.3 is 0 Å². The van der Waals surface area contributed by atoms with Gasteiger partial charge < -0.3 is 21.3 Å². The van der Waals surface area contributed by atoms with Crippen molar-refractivity contribution in [2.75, 3.05) is 21.3 Å². The van der Waals surface area contributed by atoms with Crippen molar-refractivity contribution in [3.63, 3.8) is 0 Å². The lowest BCUT2D eigenvalue weighted by molar-refractivity contribution is -0.117. The number of anilines is 4. The fourth-order valence-electron chi connectivity index (χ4n) is 3.92. The molecule has 9 nitrogen and oxygen atoms in total. The molecule has 1 aromatic heterocycles. The van der Waals surface area contributed by atoms with Gasteiger partial charge in [-0.15, -0.1) is 0 Å². The molecule has 0 atom stereocenters. The van der Waals surface area contributed by atoms with Crippen molar-refractivity contribution >= 4 is 57.4 Å². The smallest absolute Gasteiger partial charge is 0.225 e. The van der Waals surface area contributed by atoms with Crippen molar-refractivity contribution in [3.05, 3.63) is 18.2 Å². The minimum Gasteiger partial charge on any atom is -0.325 e. The maximum Gasteiger partial charge on any atom is 0.225 e. The van der Waals surface area contributed by atoms with Crippen molar-refractivity contribution in [1.29, 1.82) is 0 Å². The Hall–Kier alpha value is -3.49. The standard InChI is InChI=1S/C29H43N5O4/c1-5-9-16-22(35)30-20-14-13-15-21-26(20)27(32-23(36)17-10-6-2)28(33-24(37)18-11-7-3)29(31-21)34-25(38)19-12-8-4/h13-15H,5-12,16-19H2,1-4H3,(H,30,35)(H,33,37)(H2,31,32,34,36,38). The van der Waals surface area contributed by atoms with Crippen molar-refractivity contribution in [2.24, 2.45) is 0 Å². The molecule has 0 aliphatic heterocycles. The number of carbonyl (C=O) groups excluding carboxylic acids is 4. The van der Waals surface area contributed by atoms with Crippen LogP contribution in [0.4, 0.5) is 22.9 Å². The van der Waals surface area contributed by atoms with Gasteiger partial charge in [0.25, 0.3) is 0 Å². The first-order valence-electron chi connectivity index (χ1n) is 14.0. The van der Waals surface area contributed by atoms with Crippen LogP contribution in [0.25, 0.3) is 10.9 Å². The molecule has 0 bridgehead atoms. The molecule has 0 radical (unpaired) electrons. The quantitative estimate of drug-likeness (QED) is 0.193. The van der Waals surface area contributed by atoms with Gasteiger partial charge in [-0.3, -0.25) is 19.2 Å². The molecule has 0 aliphatic carbocycles. The van der Waals surface area contributed by atoms with E-state index in [2.05, 4.69) is 26.3 Å². The second-order valence-electron chi connectivity index (χ2n) is 9.52. The number of benzene rings is 1. The van der Waals surface area contributed by atoms with Gasteiger partial charge in [0.05, 0.1) is 16.9 Å². The van der Waals surface area contributed by atoms with E-state index in [1.54, 1.807) is 18.2 Å². The van der Waals surface area contributed by atoms with Gasteiger partial charge in [0.1, 0.15) is 5.69 Å². The number of carbonyl (C=O) groups is 4. The van der Waals surface area contributed by atoms with Crippen LogP contribution in [0.15, 0.2) is 18.2 Å². The zero-order chi connectivity index (χ0) is 27.9. The summed E-state index contributed by atoms with van der Waals surface area (Å²) in [6.45, 7) is 8.02. The Balaban J connectivity index is 2.70. The number of hydrogen-bond donors (Lipinski definition) is 4. The van der Waals surface area contributed by atoms with E-state index in [1.165, 1.54) is 0 Å². The zero-order valence-electron chi connectivity index (χ0n) is 23.3. The van der Waals surface area contributed by atoms with Gasteiger partial charge in [-0.25, -0.2) is 4.98 Å². The van der Waals surface area contributed by atoms with Crippen molar-refractivity contribution in [1.82, 2.24) is 4.98 Å². The Morgan fingerprint density at radius 1 is 0.605 bits per heavy atom. The molecule has 2 rings (SSSR count). The topological polar surface area (TPSA) is 129 Å². The van der Waals surface area contributed by atoms with Gasteiger partial charge in [-0.2, -0.15) is 0 Å². The second-order valence-corrected chi connectivity index (χ2v) is 9.52. The maximum absolute atomic E-state index is 13.0. The van der Waals surface area contributed by atoms with Gasteiger partial charge in [0, 0.05) is 31.1 Å². The first-order valence-corrected chi connectivity index (χ1v) is 14.0. The number of nitrogens with zero attached hydrogens (tertiary/aromatic N) is 1. The molecule has 4 amide bonds. The molecule has 2 aromatic rings. The zero-order valence-corrected chi connectivity index (χ0v) is 23.3. The lowest BCUT2D eigenvalue weighted by Crippen LogP contribution is -2.21. The van der Waals surface area contributed by atoms with E-state index in [0.29, 0.717) is 60.8 Å². The summed E-state index contributed by atoms with van der Waals surface area (Å²) in [6.07, 6.45) is 7.57. The molecule has 0 saturated heterocycles. The monoisotopic (exact) mass is 525 g/mol. The van der Waals surface area contributed by atoms with Crippen LogP contribution in [-0.4, -0.2) is 28.6 Å². The first-order chi connectivity index (χ1) is 18.3. The molecule has 0 unspecified atom stereocenters. The van der Waals surface area contributed by atoms with E-state index < -0.39 is 0 Å². The third-order valence-electron chi connectivity index (χ3n) is 6.10. The van der Waals surface area contributed by atoms with Gasteiger partial charge in [0.15, 0.2) is 5.82 Å². The van der Waals surface area contributed by atoms with Crippen LogP contribution in [0.2, 0.25) is 0 Å². The number of amides is 4. The Labute approximate surface area is 225 Å². The molecular weight excluding hydrogens is 482 g/mol. The van der Waals surface area contributed by atoms with Crippen LogP contribution in [-0.2, 0) is 19.2 Å². The highest BCUT2D eigenvalue weighted by molar-refractivity contribution is 6.18. The van der Waals surface area contributed by atoms with E-state index in [-0.39, 0.29) is 41.6 Å². The fraction of sp³-hybridized carbons (Fsp3) is 0.552. The number of pyridine rings is 1. The third kappa shape index (κ3) is 9.43. The Morgan fingerprint density at radius 3 is 1.55 bits per heavy atom. The van der Waals surface area contributed by atoms with Crippen LogP contribution in [0.5, 0.6) is 0 Å². The summed E-state index contributed by atoms with van der Waals surface area (Å²) in [4.78, 5) is 55.8. The van der Waals surface area contributed by atoms with Gasteiger partial charge in [-0.05, 0) is 37.8 Å². The highest BCUT2D eigenvalue weighted by Gasteiger charge is 2.23. The number of fused-ring (bicyclic) bond motifs is 1. The largest absolute Gasteiger partial charge is 0.325 e. The molecule has 1 heterocycles. The second kappa shape index (κ2) is 16.4. The van der Waals surface area contributed by atoms with E-state index in [1.807, 2.05) is 27.7 Å². The Morgan fingerprint density at radius 2 is 1.05 bits per heavy atom. The average molecular weight is 526 g/mol. The van der Waals surface area contributed by atoms with Crippen LogP contribution in [0, 0.1) is 0 Å². The predicted octanol–water partition coefficient (Wildman–Crippen LogP) is 6.75. The normalized spacial score (nSPS) is 10.7. The molecule has 0 aliphatic rings. The molecule has 4 N–H and O–H groups in total. The van der Waals surface area contributed by atoms with Crippen LogP contribution in [0.1, 0.15) is 105 Å². The number of unbranched alkanes of at least 4 members (excludes halogenated alkanes) is 4. The minimum atomic E-state index is -0.245. The fourth-order valence-corrected chi connectivity index (χ4v) is 3.92. The molecule has 0 fully saturated rings. The predicted molar refractivity (Wildman–Crippen MR) is 154 cm³/mol. The molecule has 208 valence electrons. The summed E-state index contributed by atoms with van der Waals surface area (Å²) in [5, 5.41) is 12.2. The summed E-state index contributed by atoms with van der Waals surface area (Å²) in [5.41, 5.74) is 1.50. The van der Waals surface area contributed by atoms with E-state index in [4.69, 9.17) is 0 Å². The first kappa shape index (κ1) is 30.7. The van der Waals surface area contributed by atoms with E-state index in [0.717, 1.165) is 32.1 Å². The highest BCUT2D eigenvalue weighted by Crippen LogP contribution is 2.40. The van der Waals surface area contributed by atoms with Crippen LogP contribution in [0.3, 0.4) is 0 Å². The lowest BCUT2D eigenvalue weighted by atomic mass is 10.1. The summed E-state index contributed by atoms with van der Waals surface area (Å²) < 4.78 is 0. The molecule has 38 heavy (non-hydrogen) atoms. The Bertz CT molecular complexity index is 1120. The molecule has 0 saturated carbocycles. The summed E-state index contributed by atoms with van der Waals surface area (Å²) in [7, 11) is 0. The van der Waals surface area contributed by atoms with Gasteiger partial charge in [0.2, 0.25) is 23.6 Å². The summed E-state index contributed by atoms with van der Waals surface area (Å²) in [6, 6.07) is 5.26. The van der Waals surface area contributed by atoms with Crippen LogP contribution >= 0.6 is 0 Å². The highest BCUT2D eigenvalue weighted by atomic mass is 16.2. The minimum absolute atomic E-state index is 0.145. The van der Waals surface area contributed by atoms with Gasteiger partial charge in [-0.1, -0.05) is 59.4 Å².